The number of carbonyl (C=O) groups excluding carboxylic acids is 2. The molecule has 0 saturated heterocycles. The van der Waals surface area contributed by atoms with E-state index in [0.717, 1.165) is 11.5 Å². The molecule has 0 saturated carbocycles. The summed E-state index contributed by atoms with van der Waals surface area (Å²) < 4.78 is 11.3. The van der Waals surface area contributed by atoms with Crippen molar-refractivity contribution in [3.8, 4) is 11.5 Å². The smallest absolute Gasteiger partial charge is 0.255 e. The molecule has 6 heteroatoms. The summed E-state index contributed by atoms with van der Waals surface area (Å²) in [6, 6.07) is 21.0. The molecule has 6 nitrogen and oxygen atoms in total. The lowest BCUT2D eigenvalue weighted by atomic mass is 10.1. The largest absolute Gasteiger partial charge is 0.493 e. The van der Waals surface area contributed by atoms with Crippen molar-refractivity contribution in [2.45, 2.75) is 27.7 Å². The van der Waals surface area contributed by atoms with E-state index in [-0.39, 0.29) is 11.8 Å². The van der Waals surface area contributed by atoms with E-state index in [0.29, 0.717) is 47.6 Å². The zero-order valence-electron chi connectivity index (χ0n) is 20.1. The second kappa shape index (κ2) is 11.9. The summed E-state index contributed by atoms with van der Waals surface area (Å²) in [6.07, 6.45) is 0. The lowest BCUT2D eigenvalue weighted by molar-refractivity contribution is 0.101. The maximum Gasteiger partial charge on any atom is 0.255 e. The average Bonchev–Trinajstić information content (AvgIpc) is 2.83. The summed E-state index contributed by atoms with van der Waals surface area (Å²) >= 11 is 0. The van der Waals surface area contributed by atoms with Crippen molar-refractivity contribution in [3.63, 3.8) is 0 Å². The maximum atomic E-state index is 12.6. The molecule has 0 bridgehead atoms. The molecular formula is C28H32N2O4. The van der Waals surface area contributed by atoms with Gasteiger partial charge in [-0.05, 0) is 84.6 Å². The molecule has 0 aromatic heterocycles. The van der Waals surface area contributed by atoms with E-state index < -0.39 is 0 Å². The van der Waals surface area contributed by atoms with E-state index in [2.05, 4.69) is 38.3 Å². The molecule has 3 aromatic rings. The number of amides is 2. The second-order valence-corrected chi connectivity index (χ2v) is 8.94. The Labute approximate surface area is 201 Å². The molecular weight excluding hydrogens is 428 g/mol. The van der Waals surface area contributed by atoms with Crippen LogP contribution in [0.25, 0.3) is 0 Å². The van der Waals surface area contributed by atoms with Crippen molar-refractivity contribution in [1.29, 1.82) is 0 Å². The van der Waals surface area contributed by atoms with Crippen molar-refractivity contribution in [3.05, 3.63) is 83.9 Å². The van der Waals surface area contributed by atoms with Gasteiger partial charge in [-0.25, -0.2) is 0 Å². The van der Waals surface area contributed by atoms with Crippen LogP contribution in [0.15, 0.2) is 72.8 Å². The van der Waals surface area contributed by atoms with Crippen LogP contribution in [0.1, 0.15) is 48.4 Å². The minimum Gasteiger partial charge on any atom is -0.493 e. The molecule has 0 heterocycles. The van der Waals surface area contributed by atoms with Gasteiger partial charge in [0.05, 0.1) is 13.2 Å². The number of benzene rings is 3. The first-order valence-corrected chi connectivity index (χ1v) is 11.5. The molecule has 0 unspecified atom stereocenters. The summed E-state index contributed by atoms with van der Waals surface area (Å²) in [4.78, 5) is 25.1. The fourth-order valence-corrected chi connectivity index (χ4v) is 2.97. The summed E-state index contributed by atoms with van der Waals surface area (Å²) in [5.41, 5.74) is 2.26. The second-order valence-electron chi connectivity index (χ2n) is 8.94. The highest BCUT2D eigenvalue weighted by atomic mass is 16.5. The van der Waals surface area contributed by atoms with Crippen LogP contribution in [0, 0.1) is 11.8 Å². The van der Waals surface area contributed by atoms with E-state index in [1.54, 1.807) is 48.5 Å². The van der Waals surface area contributed by atoms with Gasteiger partial charge in [0.1, 0.15) is 11.5 Å². The molecule has 178 valence electrons. The van der Waals surface area contributed by atoms with Crippen LogP contribution in [-0.4, -0.2) is 25.0 Å². The Bertz CT molecular complexity index is 984. The lowest BCUT2D eigenvalue weighted by Crippen LogP contribution is -2.14. The fourth-order valence-electron chi connectivity index (χ4n) is 2.97. The van der Waals surface area contributed by atoms with Gasteiger partial charge in [0.2, 0.25) is 0 Å². The Kier molecular flexibility index (Phi) is 8.68. The summed E-state index contributed by atoms with van der Waals surface area (Å²) in [5.74, 6) is 1.91. The molecule has 2 N–H and O–H groups in total. The first-order valence-electron chi connectivity index (χ1n) is 11.5. The number of hydrogen-bond donors (Lipinski definition) is 2. The third-order valence-electron chi connectivity index (χ3n) is 4.80. The zero-order chi connectivity index (χ0) is 24.5. The van der Waals surface area contributed by atoms with Gasteiger partial charge in [0, 0.05) is 22.5 Å². The minimum absolute atomic E-state index is 0.250. The third kappa shape index (κ3) is 7.66. The standard InChI is InChI=1S/C28H32N2O4/c1-19(2)17-33-25-13-9-23(10-14-25)29-27(31)21-5-7-22(8-6-21)28(32)30-24-11-15-26(16-12-24)34-18-20(3)4/h5-16,19-20H,17-18H2,1-4H3,(H,29,31)(H,30,32). The molecule has 0 radical (unpaired) electrons. The first kappa shape index (κ1) is 24.8. The van der Waals surface area contributed by atoms with Gasteiger partial charge in [0.25, 0.3) is 11.8 Å². The van der Waals surface area contributed by atoms with Crippen molar-refractivity contribution in [2.24, 2.45) is 11.8 Å². The van der Waals surface area contributed by atoms with Crippen LogP contribution in [0.4, 0.5) is 11.4 Å². The van der Waals surface area contributed by atoms with E-state index in [1.807, 2.05) is 24.3 Å². The minimum atomic E-state index is -0.250. The summed E-state index contributed by atoms with van der Waals surface area (Å²) in [5, 5.41) is 5.71. The zero-order valence-corrected chi connectivity index (χ0v) is 20.1. The summed E-state index contributed by atoms with van der Waals surface area (Å²) in [6.45, 7) is 9.64. The SMILES string of the molecule is CC(C)COc1ccc(NC(=O)c2ccc(C(=O)Nc3ccc(OCC(C)C)cc3)cc2)cc1. The van der Waals surface area contributed by atoms with E-state index in [9.17, 15) is 9.59 Å². The van der Waals surface area contributed by atoms with E-state index in [1.165, 1.54) is 0 Å². The van der Waals surface area contributed by atoms with Gasteiger partial charge in [-0.15, -0.1) is 0 Å². The number of nitrogens with one attached hydrogen (secondary N) is 2. The van der Waals surface area contributed by atoms with Crippen LogP contribution in [-0.2, 0) is 0 Å². The normalized spacial score (nSPS) is 10.8. The Morgan fingerprint density at radius 2 is 0.912 bits per heavy atom. The summed E-state index contributed by atoms with van der Waals surface area (Å²) in [7, 11) is 0. The molecule has 0 fully saturated rings. The predicted octanol–water partition coefficient (Wildman–Crippen LogP) is 6.26. The van der Waals surface area contributed by atoms with Gasteiger partial charge < -0.3 is 20.1 Å². The highest BCUT2D eigenvalue weighted by Gasteiger charge is 2.10. The number of rotatable bonds is 10. The third-order valence-corrected chi connectivity index (χ3v) is 4.80. The van der Waals surface area contributed by atoms with Crippen molar-refractivity contribution in [1.82, 2.24) is 0 Å². The average molecular weight is 461 g/mol. The van der Waals surface area contributed by atoms with Crippen LogP contribution in [0.5, 0.6) is 11.5 Å². The Balaban J connectivity index is 1.53. The monoisotopic (exact) mass is 460 g/mol. The maximum absolute atomic E-state index is 12.6. The highest BCUT2D eigenvalue weighted by Crippen LogP contribution is 2.19. The number of hydrogen-bond acceptors (Lipinski definition) is 4. The van der Waals surface area contributed by atoms with Crippen LogP contribution >= 0.6 is 0 Å². The van der Waals surface area contributed by atoms with Gasteiger partial charge in [-0.3, -0.25) is 9.59 Å². The topological polar surface area (TPSA) is 76.7 Å². The van der Waals surface area contributed by atoms with Crippen molar-refractivity contribution >= 4 is 23.2 Å². The molecule has 0 atom stereocenters. The molecule has 3 aromatic carbocycles. The lowest BCUT2D eigenvalue weighted by Gasteiger charge is -2.11. The fraction of sp³-hybridized carbons (Fsp3) is 0.286. The van der Waals surface area contributed by atoms with E-state index >= 15 is 0 Å². The van der Waals surface area contributed by atoms with Crippen molar-refractivity contribution < 1.29 is 19.1 Å². The van der Waals surface area contributed by atoms with Crippen LogP contribution in [0.2, 0.25) is 0 Å². The molecule has 0 aliphatic heterocycles. The van der Waals surface area contributed by atoms with Crippen molar-refractivity contribution in [2.75, 3.05) is 23.8 Å². The number of ether oxygens (including phenoxy) is 2. The number of carbonyl (C=O) groups is 2. The van der Waals surface area contributed by atoms with Gasteiger partial charge in [-0.1, -0.05) is 27.7 Å². The number of anilines is 2. The molecule has 3 rings (SSSR count). The van der Waals surface area contributed by atoms with Gasteiger partial charge >= 0.3 is 0 Å². The molecule has 0 aliphatic carbocycles. The Morgan fingerprint density at radius 1 is 0.588 bits per heavy atom. The quantitative estimate of drug-likeness (QED) is 0.374. The van der Waals surface area contributed by atoms with Gasteiger partial charge in [0.15, 0.2) is 0 Å². The Morgan fingerprint density at radius 3 is 1.21 bits per heavy atom. The first-order chi connectivity index (χ1) is 16.3. The molecule has 0 spiro atoms. The highest BCUT2D eigenvalue weighted by molar-refractivity contribution is 6.07. The molecule has 2 amide bonds. The van der Waals surface area contributed by atoms with Gasteiger partial charge in [-0.2, -0.15) is 0 Å². The predicted molar refractivity (Wildman–Crippen MR) is 136 cm³/mol. The van der Waals surface area contributed by atoms with E-state index in [4.69, 9.17) is 9.47 Å². The van der Waals surface area contributed by atoms with Crippen LogP contribution in [0.3, 0.4) is 0 Å². The molecule has 34 heavy (non-hydrogen) atoms. The molecule has 0 aliphatic rings. The Hall–Kier alpha value is -3.80. The van der Waals surface area contributed by atoms with Crippen LogP contribution < -0.4 is 20.1 Å².